The van der Waals surface area contributed by atoms with E-state index in [1.54, 1.807) is 0 Å². The van der Waals surface area contributed by atoms with Crippen molar-refractivity contribution in [3.63, 3.8) is 0 Å². The second kappa shape index (κ2) is 5.04. The standard InChI is InChI=1S/C12H12BrIO2/c13-10-5-3-9(4-6-10)12(8-14)7-1-2-11(15)16-12/h3-6H,1-2,7-8H2/t12-/m1/s1. The number of esters is 1. The molecule has 0 spiro atoms. The summed E-state index contributed by atoms with van der Waals surface area (Å²) in [5.41, 5.74) is 0.689. The number of rotatable bonds is 2. The molecule has 0 unspecified atom stereocenters. The van der Waals surface area contributed by atoms with Crippen molar-refractivity contribution in [2.75, 3.05) is 4.43 Å². The first-order valence-electron chi connectivity index (χ1n) is 5.20. The molecule has 1 fully saturated rings. The first-order chi connectivity index (χ1) is 7.66. The molecule has 0 aliphatic carbocycles. The predicted molar refractivity (Wildman–Crippen MR) is 74.7 cm³/mol. The lowest BCUT2D eigenvalue weighted by atomic mass is 9.88. The molecule has 0 aromatic heterocycles. The van der Waals surface area contributed by atoms with E-state index in [1.807, 2.05) is 24.3 Å². The highest BCUT2D eigenvalue weighted by molar-refractivity contribution is 14.1. The summed E-state index contributed by atoms with van der Waals surface area (Å²) in [6.45, 7) is 0. The van der Waals surface area contributed by atoms with Crippen LogP contribution >= 0.6 is 38.5 Å². The fraction of sp³-hybridized carbons (Fsp3) is 0.417. The van der Waals surface area contributed by atoms with Gasteiger partial charge in [0.1, 0.15) is 5.60 Å². The number of cyclic esters (lactones) is 1. The summed E-state index contributed by atoms with van der Waals surface area (Å²) in [6, 6.07) is 8.04. The molecule has 2 nitrogen and oxygen atoms in total. The largest absolute Gasteiger partial charge is 0.453 e. The molecule has 1 atom stereocenters. The number of ether oxygens (including phenoxy) is 1. The Bertz CT molecular complexity index is 391. The summed E-state index contributed by atoms with van der Waals surface area (Å²) in [5, 5.41) is 0. The van der Waals surface area contributed by atoms with Crippen LogP contribution in [0.1, 0.15) is 24.8 Å². The Morgan fingerprint density at radius 3 is 2.62 bits per heavy atom. The zero-order valence-electron chi connectivity index (χ0n) is 8.71. The van der Waals surface area contributed by atoms with Gasteiger partial charge in [-0.2, -0.15) is 0 Å². The van der Waals surface area contributed by atoms with Gasteiger partial charge in [0.2, 0.25) is 0 Å². The number of alkyl halides is 1. The van der Waals surface area contributed by atoms with E-state index in [0.29, 0.717) is 6.42 Å². The molecule has 1 aliphatic rings. The zero-order valence-corrected chi connectivity index (χ0v) is 12.5. The number of halogens is 2. The van der Waals surface area contributed by atoms with Gasteiger partial charge in [0, 0.05) is 15.3 Å². The highest BCUT2D eigenvalue weighted by Crippen LogP contribution is 2.37. The molecule has 0 amide bonds. The van der Waals surface area contributed by atoms with Crippen LogP contribution in [0.4, 0.5) is 0 Å². The average Bonchev–Trinajstić information content (AvgIpc) is 2.29. The lowest BCUT2D eigenvalue weighted by Gasteiger charge is -2.35. The molecule has 1 aromatic rings. The van der Waals surface area contributed by atoms with Crippen LogP contribution in [0.15, 0.2) is 28.7 Å². The summed E-state index contributed by atoms with van der Waals surface area (Å²) in [5.74, 6) is -0.0779. The Hall–Kier alpha value is -0.100. The van der Waals surface area contributed by atoms with Crippen LogP contribution in [0.25, 0.3) is 0 Å². The lowest BCUT2D eigenvalue weighted by Crippen LogP contribution is -2.37. The Morgan fingerprint density at radius 1 is 1.38 bits per heavy atom. The van der Waals surface area contributed by atoms with Crippen molar-refractivity contribution >= 4 is 44.5 Å². The van der Waals surface area contributed by atoms with E-state index in [4.69, 9.17) is 4.74 Å². The molecule has 1 aliphatic heterocycles. The Kier molecular flexibility index (Phi) is 3.89. The third kappa shape index (κ3) is 2.42. The van der Waals surface area contributed by atoms with Gasteiger partial charge in [-0.25, -0.2) is 0 Å². The Morgan fingerprint density at radius 2 is 2.06 bits per heavy atom. The summed E-state index contributed by atoms with van der Waals surface area (Å²) in [6.07, 6.45) is 2.39. The minimum atomic E-state index is -0.406. The summed E-state index contributed by atoms with van der Waals surface area (Å²) in [7, 11) is 0. The fourth-order valence-corrected chi connectivity index (χ4v) is 3.21. The predicted octanol–water partition coefficient (Wildman–Crippen LogP) is 3.81. The van der Waals surface area contributed by atoms with E-state index in [2.05, 4.69) is 38.5 Å². The summed E-state index contributed by atoms with van der Waals surface area (Å²) >= 11 is 5.70. The minimum absolute atomic E-state index is 0.0779. The second-order valence-corrected chi connectivity index (χ2v) is 5.64. The SMILES string of the molecule is O=C1CCC[C@@](CI)(c2ccc(Br)cc2)O1. The Labute approximate surface area is 117 Å². The Balaban J connectivity index is 2.33. The van der Waals surface area contributed by atoms with Crippen molar-refractivity contribution in [1.29, 1.82) is 0 Å². The van der Waals surface area contributed by atoms with Crippen molar-refractivity contribution in [2.45, 2.75) is 24.9 Å². The lowest BCUT2D eigenvalue weighted by molar-refractivity contribution is -0.165. The molecule has 0 radical (unpaired) electrons. The minimum Gasteiger partial charge on any atom is -0.453 e. The molecule has 16 heavy (non-hydrogen) atoms. The first-order valence-corrected chi connectivity index (χ1v) is 7.52. The third-order valence-electron chi connectivity index (χ3n) is 2.86. The summed E-state index contributed by atoms with van der Waals surface area (Å²) < 4.78 is 7.43. The molecular formula is C12H12BrIO2. The van der Waals surface area contributed by atoms with Gasteiger partial charge < -0.3 is 4.74 Å². The van der Waals surface area contributed by atoms with Crippen molar-refractivity contribution in [3.05, 3.63) is 34.3 Å². The van der Waals surface area contributed by atoms with Crippen LogP contribution < -0.4 is 0 Å². The van der Waals surface area contributed by atoms with E-state index in [9.17, 15) is 4.79 Å². The molecular weight excluding hydrogens is 383 g/mol. The van der Waals surface area contributed by atoms with Crippen LogP contribution in [0, 0.1) is 0 Å². The van der Waals surface area contributed by atoms with E-state index in [0.717, 1.165) is 27.3 Å². The molecule has 4 heteroatoms. The molecule has 0 N–H and O–H groups in total. The van der Waals surface area contributed by atoms with Crippen LogP contribution in [-0.4, -0.2) is 10.4 Å². The van der Waals surface area contributed by atoms with Crippen molar-refractivity contribution in [2.24, 2.45) is 0 Å². The quantitative estimate of drug-likeness (QED) is 0.433. The molecule has 0 bridgehead atoms. The maximum Gasteiger partial charge on any atom is 0.306 e. The fourth-order valence-electron chi connectivity index (χ4n) is 1.97. The van der Waals surface area contributed by atoms with Crippen LogP contribution in [0.5, 0.6) is 0 Å². The molecule has 1 heterocycles. The van der Waals surface area contributed by atoms with Gasteiger partial charge in [-0.05, 0) is 30.5 Å². The van der Waals surface area contributed by atoms with Gasteiger partial charge in [0.15, 0.2) is 0 Å². The van der Waals surface area contributed by atoms with Gasteiger partial charge in [-0.1, -0.05) is 50.7 Å². The summed E-state index contributed by atoms with van der Waals surface area (Å²) in [4.78, 5) is 11.4. The van der Waals surface area contributed by atoms with E-state index >= 15 is 0 Å². The highest BCUT2D eigenvalue weighted by atomic mass is 127. The number of carbonyl (C=O) groups is 1. The van der Waals surface area contributed by atoms with Gasteiger partial charge in [-0.3, -0.25) is 4.79 Å². The smallest absolute Gasteiger partial charge is 0.306 e. The topological polar surface area (TPSA) is 26.3 Å². The molecule has 0 saturated carbocycles. The number of carbonyl (C=O) groups excluding carboxylic acids is 1. The first kappa shape index (κ1) is 12.4. The van der Waals surface area contributed by atoms with Crippen molar-refractivity contribution < 1.29 is 9.53 Å². The van der Waals surface area contributed by atoms with E-state index in [-0.39, 0.29) is 5.97 Å². The third-order valence-corrected chi connectivity index (χ3v) is 4.62. The van der Waals surface area contributed by atoms with Gasteiger partial charge in [0.25, 0.3) is 0 Å². The molecule has 1 saturated heterocycles. The van der Waals surface area contributed by atoms with E-state index < -0.39 is 5.60 Å². The normalized spacial score (nSPS) is 25.2. The monoisotopic (exact) mass is 394 g/mol. The van der Waals surface area contributed by atoms with Gasteiger partial charge in [-0.15, -0.1) is 0 Å². The molecule has 1 aromatic carbocycles. The average molecular weight is 395 g/mol. The van der Waals surface area contributed by atoms with Gasteiger partial charge in [0.05, 0.1) is 0 Å². The maximum absolute atomic E-state index is 11.4. The van der Waals surface area contributed by atoms with Crippen LogP contribution in [0.2, 0.25) is 0 Å². The highest BCUT2D eigenvalue weighted by Gasteiger charge is 2.38. The van der Waals surface area contributed by atoms with Crippen molar-refractivity contribution in [1.82, 2.24) is 0 Å². The van der Waals surface area contributed by atoms with Gasteiger partial charge >= 0.3 is 5.97 Å². The molecule has 2 rings (SSSR count). The van der Waals surface area contributed by atoms with Crippen LogP contribution in [0.3, 0.4) is 0 Å². The maximum atomic E-state index is 11.4. The number of hydrogen-bond acceptors (Lipinski definition) is 2. The molecule has 86 valence electrons. The van der Waals surface area contributed by atoms with Crippen molar-refractivity contribution in [3.8, 4) is 0 Å². The van der Waals surface area contributed by atoms with Crippen LogP contribution in [-0.2, 0) is 15.1 Å². The van der Waals surface area contributed by atoms with E-state index in [1.165, 1.54) is 0 Å². The second-order valence-electron chi connectivity index (χ2n) is 3.96. The number of hydrogen-bond donors (Lipinski definition) is 0. The zero-order chi connectivity index (χ0) is 11.6. The number of benzene rings is 1.